The number of nitrogens with zero attached hydrogens (tertiary/aromatic N) is 3. The molecule has 0 saturated carbocycles. The molecule has 4 heteroatoms. The molecule has 0 N–H and O–H groups in total. The van der Waals surface area contributed by atoms with E-state index in [2.05, 4.69) is 212 Å². The number of fused-ring (bicyclic) bond motifs is 10. The van der Waals surface area contributed by atoms with Gasteiger partial charge < -0.3 is 4.74 Å². The highest BCUT2D eigenvalue weighted by Gasteiger charge is 2.48. The van der Waals surface area contributed by atoms with Crippen LogP contribution in [0, 0.1) is 0 Å². The van der Waals surface area contributed by atoms with E-state index in [9.17, 15) is 0 Å². The third kappa shape index (κ3) is 5.80. The average Bonchev–Trinajstić information content (AvgIpc) is 3.49. The molecule has 1 unspecified atom stereocenters. The minimum absolute atomic E-state index is 0.596. The van der Waals surface area contributed by atoms with Crippen LogP contribution in [0.3, 0.4) is 0 Å². The van der Waals surface area contributed by atoms with Crippen molar-refractivity contribution in [2.45, 2.75) is 5.41 Å². The van der Waals surface area contributed by atoms with E-state index < -0.39 is 5.41 Å². The van der Waals surface area contributed by atoms with Gasteiger partial charge in [-0.05, 0) is 74.2 Å². The third-order valence-corrected chi connectivity index (χ3v) is 12.4. The molecule has 10 aromatic rings. The summed E-state index contributed by atoms with van der Waals surface area (Å²) in [4.78, 5) is 15.9. The summed E-state index contributed by atoms with van der Waals surface area (Å²) in [5, 5.41) is 2.21. The van der Waals surface area contributed by atoms with Gasteiger partial charge in [0.15, 0.2) is 17.5 Å². The fraction of sp³-hybridized carbons (Fsp3) is 0.0172. The standard InChI is InChI=1S/C58H37N3O/c1-3-15-38(16-4-1)43-21-13-23-45(35-43)55-59-56(46-24-14-22-44(36-46)39-17-5-2-6-18-39)61-57(60-55)47-32-31-42-30-29-41-20-8-10-26-49(41)58(52(42)37-47)50-27-11-12-28-53(50)62-54-48-25-9-7-19-40(48)33-34-51(54)58/h1-37H. The van der Waals surface area contributed by atoms with Gasteiger partial charge >= 0.3 is 0 Å². The molecule has 0 radical (unpaired) electrons. The largest absolute Gasteiger partial charge is 0.456 e. The molecule has 2 aliphatic rings. The van der Waals surface area contributed by atoms with Crippen molar-refractivity contribution in [1.29, 1.82) is 0 Å². The van der Waals surface area contributed by atoms with E-state index in [4.69, 9.17) is 19.7 Å². The van der Waals surface area contributed by atoms with Crippen LogP contribution < -0.4 is 4.74 Å². The van der Waals surface area contributed by atoms with Gasteiger partial charge in [0.1, 0.15) is 11.5 Å². The summed E-state index contributed by atoms with van der Waals surface area (Å²) < 4.78 is 6.96. The van der Waals surface area contributed by atoms with Crippen molar-refractivity contribution < 1.29 is 4.74 Å². The first-order valence-corrected chi connectivity index (χ1v) is 21.0. The Morgan fingerprint density at radius 2 is 0.839 bits per heavy atom. The van der Waals surface area contributed by atoms with Crippen LogP contribution in [0.4, 0.5) is 0 Å². The normalized spacial score (nSPS) is 14.6. The highest BCUT2D eigenvalue weighted by atomic mass is 16.5. The zero-order valence-corrected chi connectivity index (χ0v) is 33.6. The topological polar surface area (TPSA) is 47.9 Å². The second kappa shape index (κ2) is 14.5. The van der Waals surface area contributed by atoms with Gasteiger partial charge in [0, 0.05) is 33.2 Å². The molecule has 1 aromatic heterocycles. The summed E-state index contributed by atoms with van der Waals surface area (Å²) in [6, 6.07) is 74.8. The number of para-hydroxylation sites is 1. The molecule has 0 fully saturated rings. The fourth-order valence-electron chi connectivity index (χ4n) is 9.52. The Hall–Kier alpha value is -8.21. The number of aromatic nitrogens is 3. The fourth-order valence-corrected chi connectivity index (χ4v) is 9.52. The maximum Gasteiger partial charge on any atom is 0.164 e. The summed E-state index contributed by atoms with van der Waals surface area (Å²) in [7, 11) is 0. The summed E-state index contributed by atoms with van der Waals surface area (Å²) in [6.07, 6.45) is 4.50. The highest BCUT2D eigenvalue weighted by molar-refractivity contribution is 5.94. The van der Waals surface area contributed by atoms with E-state index in [0.717, 1.165) is 89.0 Å². The lowest BCUT2D eigenvalue weighted by atomic mass is 9.62. The highest BCUT2D eigenvalue weighted by Crippen LogP contribution is 2.59. The predicted octanol–water partition coefficient (Wildman–Crippen LogP) is 14.3. The lowest BCUT2D eigenvalue weighted by molar-refractivity contribution is 0.439. The Morgan fingerprint density at radius 3 is 1.52 bits per heavy atom. The Morgan fingerprint density at radius 1 is 0.323 bits per heavy atom. The van der Waals surface area contributed by atoms with Crippen LogP contribution in [0.5, 0.6) is 11.5 Å². The Kier molecular flexibility index (Phi) is 8.36. The molecule has 1 spiro atoms. The smallest absolute Gasteiger partial charge is 0.164 e. The Bertz CT molecular complexity index is 3290. The van der Waals surface area contributed by atoms with E-state index in [-0.39, 0.29) is 0 Å². The van der Waals surface area contributed by atoms with Gasteiger partial charge in [0.25, 0.3) is 0 Å². The molecule has 0 saturated heterocycles. The van der Waals surface area contributed by atoms with Crippen LogP contribution >= 0.6 is 0 Å². The second-order valence-corrected chi connectivity index (χ2v) is 15.9. The third-order valence-electron chi connectivity index (χ3n) is 12.4. The van der Waals surface area contributed by atoms with Crippen molar-refractivity contribution in [3.8, 4) is 67.9 Å². The Labute approximate surface area is 360 Å². The summed E-state index contributed by atoms with van der Waals surface area (Å²) in [6.45, 7) is 0. The number of hydrogen-bond acceptors (Lipinski definition) is 4. The zero-order valence-electron chi connectivity index (χ0n) is 33.6. The van der Waals surface area contributed by atoms with Crippen molar-refractivity contribution >= 4 is 22.9 Å². The molecular weight excluding hydrogens is 755 g/mol. The van der Waals surface area contributed by atoms with Crippen LogP contribution in [0.2, 0.25) is 0 Å². The SMILES string of the molecule is C1=Cc2ccc(-c3nc(-c4cccc(-c5ccccc5)c4)nc(-c4cccc(-c5ccccc5)c4)n3)cc2C2(c3ccccc31)c1ccccc1Oc1c2ccc2ccccc12. The van der Waals surface area contributed by atoms with Crippen LogP contribution in [-0.4, -0.2) is 15.0 Å². The molecule has 0 bridgehead atoms. The number of ether oxygens (including phenoxy) is 1. The summed E-state index contributed by atoms with van der Waals surface area (Å²) >= 11 is 0. The minimum Gasteiger partial charge on any atom is -0.456 e. The van der Waals surface area contributed by atoms with E-state index >= 15 is 0 Å². The van der Waals surface area contributed by atoms with Crippen molar-refractivity contribution in [1.82, 2.24) is 15.0 Å². The number of rotatable bonds is 5. The molecule has 62 heavy (non-hydrogen) atoms. The lowest BCUT2D eigenvalue weighted by Crippen LogP contribution is -2.35. The number of benzene rings is 9. The van der Waals surface area contributed by atoms with Crippen molar-refractivity contribution in [3.63, 3.8) is 0 Å². The minimum atomic E-state index is -0.744. The Balaban J connectivity index is 1.12. The first kappa shape index (κ1) is 35.7. The average molecular weight is 792 g/mol. The van der Waals surface area contributed by atoms with E-state index in [1.54, 1.807) is 0 Å². The summed E-state index contributed by atoms with van der Waals surface area (Å²) in [5.74, 6) is 3.52. The van der Waals surface area contributed by atoms with Gasteiger partial charge in [-0.1, -0.05) is 200 Å². The molecule has 1 atom stereocenters. The number of hydrogen-bond donors (Lipinski definition) is 0. The molecule has 1 aliphatic carbocycles. The van der Waals surface area contributed by atoms with E-state index in [0.29, 0.717) is 17.5 Å². The monoisotopic (exact) mass is 791 g/mol. The maximum atomic E-state index is 6.96. The van der Waals surface area contributed by atoms with Crippen molar-refractivity contribution in [2.24, 2.45) is 0 Å². The van der Waals surface area contributed by atoms with Gasteiger partial charge in [-0.15, -0.1) is 0 Å². The maximum absolute atomic E-state index is 6.96. The van der Waals surface area contributed by atoms with Crippen molar-refractivity contribution in [3.05, 3.63) is 246 Å². The van der Waals surface area contributed by atoms with Gasteiger partial charge in [-0.3, -0.25) is 0 Å². The van der Waals surface area contributed by atoms with Gasteiger partial charge in [-0.2, -0.15) is 0 Å². The molecule has 290 valence electrons. The molecule has 12 rings (SSSR count). The molecule has 2 heterocycles. The van der Waals surface area contributed by atoms with Gasteiger partial charge in [0.2, 0.25) is 0 Å². The zero-order chi connectivity index (χ0) is 41.0. The van der Waals surface area contributed by atoms with Crippen LogP contribution in [0.1, 0.15) is 33.4 Å². The quantitative estimate of drug-likeness (QED) is 0.174. The summed E-state index contributed by atoms with van der Waals surface area (Å²) in [5.41, 5.74) is 13.2. The van der Waals surface area contributed by atoms with E-state index in [1.165, 1.54) is 5.56 Å². The van der Waals surface area contributed by atoms with Gasteiger partial charge in [0.05, 0.1) is 5.41 Å². The first-order valence-electron chi connectivity index (χ1n) is 21.0. The molecule has 0 amide bonds. The van der Waals surface area contributed by atoms with E-state index in [1.807, 2.05) is 12.1 Å². The molecule has 9 aromatic carbocycles. The van der Waals surface area contributed by atoms with Crippen LogP contribution in [-0.2, 0) is 5.41 Å². The molecular formula is C58H37N3O. The van der Waals surface area contributed by atoms with Crippen LogP contribution in [0.15, 0.2) is 212 Å². The second-order valence-electron chi connectivity index (χ2n) is 15.9. The predicted molar refractivity (Wildman–Crippen MR) is 252 cm³/mol. The van der Waals surface area contributed by atoms with Crippen LogP contribution in [0.25, 0.3) is 79.3 Å². The van der Waals surface area contributed by atoms with Crippen molar-refractivity contribution in [2.75, 3.05) is 0 Å². The first-order chi connectivity index (χ1) is 30.7. The van der Waals surface area contributed by atoms with Gasteiger partial charge in [-0.25, -0.2) is 15.0 Å². The molecule has 1 aliphatic heterocycles. The lowest BCUT2D eigenvalue weighted by Gasteiger charge is -2.42. The molecule has 4 nitrogen and oxygen atoms in total.